The maximum Gasteiger partial charge on any atom is 0.221 e. The average Bonchev–Trinajstić information content (AvgIpc) is 2.24. The van der Waals surface area contributed by atoms with E-state index in [1.54, 1.807) is 6.20 Å². The highest BCUT2D eigenvalue weighted by atomic mass is 79.9. The van der Waals surface area contributed by atoms with Crippen LogP contribution in [-0.2, 0) is 0 Å². The van der Waals surface area contributed by atoms with Crippen LogP contribution in [0, 0.1) is 5.92 Å². The predicted octanol–water partition coefficient (Wildman–Crippen LogP) is 2.67. The fraction of sp³-hybridized carbons (Fsp3) is 0.600. The summed E-state index contributed by atoms with van der Waals surface area (Å²) >= 11 is 3.38. The smallest absolute Gasteiger partial charge is 0.221 e. The van der Waals surface area contributed by atoms with Gasteiger partial charge in [0.05, 0.1) is 4.47 Å². The molecule has 0 unspecified atom stereocenters. The highest BCUT2D eigenvalue weighted by Gasteiger charge is 2.06. The van der Waals surface area contributed by atoms with E-state index in [2.05, 4.69) is 45.1 Å². The van der Waals surface area contributed by atoms with Gasteiger partial charge in [-0.25, -0.2) is 4.98 Å². The molecule has 0 saturated heterocycles. The van der Waals surface area contributed by atoms with E-state index in [4.69, 9.17) is 5.73 Å². The topological polar surface area (TPSA) is 63.8 Å². The third-order valence-corrected chi connectivity index (χ3v) is 3.06. The summed E-state index contributed by atoms with van der Waals surface area (Å²) in [6.07, 6.45) is 4.00. The second-order valence-corrected chi connectivity index (χ2v) is 4.34. The van der Waals surface area contributed by atoms with Crippen LogP contribution in [0.3, 0.4) is 0 Å². The van der Waals surface area contributed by atoms with Gasteiger partial charge in [-0.2, -0.15) is 4.98 Å². The number of hydrogen-bond acceptors (Lipinski definition) is 4. The Labute approximate surface area is 98.8 Å². The van der Waals surface area contributed by atoms with E-state index in [1.807, 2.05) is 0 Å². The molecule has 0 radical (unpaired) electrons. The molecule has 84 valence electrons. The molecule has 4 nitrogen and oxygen atoms in total. The quantitative estimate of drug-likeness (QED) is 0.865. The van der Waals surface area contributed by atoms with Gasteiger partial charge in [0.25, 0.3) is 0 Å². The average molecular weight is 273 g/mol. The molecule has 1 aromatic rings. The van der Waals surface area contributed by atoms with Gasteiger partial charge in [0.2, 0.25) is 5.95 Å². The third-order valence-electron chi connectivity index (χ3n) is 2.48. The van der Waals surface area contributed by atoms with Crippen LogP contribution in [0.2, 0.25) is 0 Å². The number of anilines is 2. The minimum absolute atomic E-state index is 0.297. The van der Waals surface area contributed by atoms with E-state index >= 15 is 0 Å². The molecule has 3 N–H and O–H groups in total. The molecule has 5 heteroatoms. The third kappa shape index (κ3) is 3.66. The zero-order valence-corrected chi connectivity index (χ0v) is 10.7. The monoisotopic (exact) mass is 272 g/mol. The summed E-state index contributed by atoms with van der Waals surface area (Å²) in [5.74, 6) is 1.74. The summed E-state index contributed by atoms with van der Waals surface area (Å²) in [5.41, 5.74) is 5.52. The molecule has 1 aromatic heterocycles. The molecular weight excluding hydrogens is 256 g/mol. The number of halogens is 1. The number of nitrogen functional groups attached to an aromatic ring is 1. The molecule has 0 aliphatic carbocycles. The number of nitrogens with two attached hydrogens (primary N) is 1. The van der Waals surface area contributed by atoms with E-state index in [9.17, 15) is 0 Å². The summed E-state index contributed by atoms with van der Waals surface area (Å²) in [6.45, 7) is 5.31. The van der Waals surface area contributed by atoms with Crippen molar-refractivity contribution in [2.75, 3.05) is 17.6 Å². The van der Waals surface area contributed by atoms with Crippen LogP contribution in [0.4, 0.5) is 11.8 Å². The van der Waals surface area contributed by atoms with E-state index < -0.39 is 0 Å². The zero-order valence-electron chi connectivity index (χ0n) is 9.13. The van der Waals surface area contributed by atoms with E-state index in [0.29, 0.717) is 11.9 Å². The van der Waals surface area contributed by atoms with Crippen LogP contribution < -0.4 is 11.1 Å². The minimum Gasteiger partial charge on any atom is -0.369 e. The SMILES string of the molecule is CCC(CC)CNc1nc(N)ncc1Br. The Kier molecular flexibility index (Phi) is 4.81. The van der Waals surface area contributed by atoms with Crippen LogP contribution in [0.25, 0.3) is 0 Å². The molecule has 1 rings (SSSR count). The van der Waals surface area contributed by atoms with Gasteiger partial charge in [-0.15, -0.1) is 0 Å². The molecular formula is C10H17BrN4. The Morgan fingerprint density at radius 1 is 1.47 bits per heavy atom. The van der Waals surface area contributed by atoms with E-state index in [1.165, 1.54) is 12.8 Å². The molecule has 0 spiro atoms. The Morgan fingerprint density at radius 3 is 2.73 bits per heavy atom. The minimum atomic E-state index is 0.297. The van der Waals surface area contributed by atoms with Crippen molar-refractivity contribution in [3.05, 3.63) is 10.7 Å². The summed E-state index contributed by atoms with van der Waals surface area (Å²) in [5, 5.41) is 3.28. The molecule has 0 amide bonds. The molecule has 0 saturated carbocycles. The normalized spacial score (nSPS) is 10.7. The Bertz CT molecular complexity index is 312. The van der Waals surface area contributed by atoms with Gasteiger partial charge in [-0.3, -0.25) is 0 Å². The van der Waals surface area contributed by atoms with E-state index in [0.717, 1.165) is 16.8 Å². The highest BCUT2D eigenvalue weighted by molar-refractivity contribution is 9.10. The standard InChI is InChI=1S/C10H17BrN4/c1-3-7(4-2)5-13-9-8(11)6-14-10(12)15-9/h6-7H,3-5H2,1-2H3,(H3,12,13,14,15). The van der Waals surface area contributed by atoms with Crippen molar-refractivity contribution in [2.24, 2.45) is 5.92 Å². The lowest BCUT2D eigenvalue weighted by Gasteiger charge is -2.14. The van der Waals surface area contributed by atoms with Gasteiger partial charge in [0.15, 0.2) is 0 Å². The summed E-state index contributed by atoms with van der Waals surface area (Å²) in [7, 11) is 0. The zero-order chi connectivity index (χ0) is 11.3. The second kappa shape index (κ2) is 5.90. The number of hydrogen-bond donors (Lipinski definition) is 2. The second-order valence-electron chi connectivity index (χ2n) is 3.49. The predicted molar refractivity (Wildman–Crippen MR) is 66.7 cm³/mol. The maximum atomic E-state index is 5.52. The lowest BCUT2D eigenvalue weighted by Crippen LogP contribution is -2.14. The Balaban J connectivity index is 2.60. The molecule has 0 fully saturated rings. The van der Waals surface area contributed by atoms with Crippen molar-refractivity contribution < 1.29 is 0 Å². The van der Waals surface area contributed by atoms with Crippen LogP contribution in [0.5, 0.6) is 0 Å². The molecule has 1 heterocycles. The fourth-order valence-electron chi connectivity index (χ4n) is 1.32. The lowest BCUT2D eigenvalue weighted by atomic mass is 10.0. The van der Waals surface area contributed by atoms with Crippen LogP contribution >= 0.6 is 15.9 Å². The molecule has 0 bridgehead atoms. The molecule has 0 aliphatic rings. The first-order chi connectivity index (χ1) is 7.17. The summed E-state index contributed by atoms with van der Waals surface area (Å²) in [4.78, 5) is 8.01. The van der Waals surface area contributed by atoms with Crippen molar-refractivity contribution in [2.45, 2.75) is 26.7 Å². The Hall–Kier alpha value is -0.840. The first-order valence-electron chi connectivity index (χ1n) is 5.19. The van der Waals surface area contributed by atoms with Crippen molar-refractivity contribution >= 4 is 27.7 Å². The first kappa shape index (κ1) is 12.2. The van der Waals surface area contributed by atoms with Gasteiger partial charge in [0.1, 0.15) is 5.82 Å². The lowest BCUT2D eigenvalue weighted by molar-refractivity contribution is 0.518. The number of nitrogens with one attached hydrogen (secondary N) is 1. The van der Waals surface area contributed by atoms with Crippen molar-refractivity contribution in [3.8, 4) is 0 Å². The molecule has 0 atom stereocenters. The van der Waals surface area contributed by atoms with Crippen molar-refractivity contribution in [1.29, 1.82) is 0 Å². The van der Waals surface area contributed by atoms with Gasteiger partial charge in [-0.1, -0.05) is 26.7 Å². The number of aromatic nitrogens is 2. The fourth-order valence-corrected chi connectivity index (χ4v) is 1.65. The van der Waals surface area contributed by atoms with Gasteiger partial charge in [0, 0.05) is 12.7 Å². The van der Waals surface area contributed by atoms with Crippen LogP contribution in [0.15, 0.2) is 10.7 Å². The van der Waals surface area contributed by atoms with Crippen molar-refractivity contribution in [1.82, 2.24) is 9.97 Å². The highest BCUT2D eigenvalue weighted by Crippen LogP contribution is 2.20. The van der Waals surface area contributed by atoms with Crippen LogP contribution in [-0.4, -0.2) is 16.5 Å². The Morgan fingerprint density at radius 2 is 2.13 bits per heavy atom. The molecule has 15 heavy (non-hydrogen) atoms. The van der Waals surface area contributed by atoms with Gasteiger partial charge in [-0.05, 0) is 21.8 Å². The van der Waals surface area contributed by atoms with E-state index in [-0.39, 0.29) is 0 Å². The van der Waals surface area contributed by atoms with Crippen molar-refractivity contribution in [3.63, 3.8) is 0 Å². The maximum absolute atomic E-state index is 5.52. The molecule has 0 aromatic carbocycles. The number of rotatable bonds is 5. The van der Waals surface area contributed by atoms with Gasteiger partial charge >= 0.3 is 0 Å². The van der Waals surface area contributed by atoms with Gasteiger partial charge < -0.3 is 11.1 Å². The largest absolute Gasteiger partial charge is 0.369 e. The first-order valence-corrected chi connectivity index (χ1v) is 5.98. The summed E-state index contributed by atoms with van der Waals surface area (Å²) in [6, 6.07) is 0. The molecule has 0 aliphatic heterocycles. The number of nitrogens with zero attached hydrogens (tertiary/aromatic N) is 2. The van der Waals surface area contributed by atoms with Crippen LogP contribution in [0.1, 0.15) is 26.7 Å². The summed E-state index contributed by atoms with van der Waals surface area (Å²) < 4.78 is 0.850.